The van der Waals surface area contributed by atoms with Gasteiger partial charge in [-0.05, 0) is 56.0 Å². The van der Waals surface area contributed by atoms with Crippen molar-refractivity contribution in [3.05, 3.63) is 47.4 Å². The second-order valence-corrected chi connectivity index (χ2v) is 10.5. The lowest BCUT2D eigenvalue weighted by molar-refractivity contribution is -0.151. The van der Waals surface area contributed by atoms with E-state index in [9.17, 15) is 31.2 Å². The van der Waals surface area contributed by atoms with Crippen LogP contribution in [0, 0.1) is 24.1 Å². The minimum atomic E-state index is -4.73. The summed E-state index contributed by atoms with van der Waals surface area (Å²) in [5, 5.41) is 10.4. The van der Waals surface area contributed by atoms with E-state index in [0.29, 0.717) is 22.2 Å². The van der Waals surface area contributed by atoms with Crippen LogP contribution in [0.2, 0.25) is 0 Å². The van der Waals surface area contributed by atoms with E-state index in [1.807, 2.05) is 4.57 Å². The Morgan fingerprint density at radius 2 is 1.94 bits per heavy atom. The van der Waals surface area contributed by atoms with Crippen molar-refractivity contribution in [2.45, 2.75) is 69.1 Å². The number of benzene rings is 1. The van der Waals surface area contributed by atoms with Crippen LogP contribution in [0.4, 0.5) is 17.6 Å². The Bertz CT molecular complexity index is 1400. The maximum absolute atomic E-state index is 14.4. The molecule has 0 unspecified atom stereocenters. The van der Waals surface area contributed by atoms with Gasteiger partial charge in [-0.15, -0.1) is 0 Å². The number of pyridine rings is 1. The van der Waals surface area contributed by atoms with Crippen molar-refractivity contribution in [2.75, 3.05) is 0 Å². The molecule has 2 heterocycles. The number of aromatic nitrogens is 2. The summed E-state index contributed by atoms with van der Waals surface area (Å²) in [6, 6.07) is 5.52. The number of hydrogen-bond acceptors (Lipinski definition) is 4. The lowest BCUT2D eigenvalue weighted by atomic mass is 10.1. The Labute approximate surface area is 200 Å². The zero-order valence-corrected chi connectivity index (χ0v) is 20.0. The summed E-state index contributed by atoms with van der Waals surface area (Å²) in [4.78, 5) is 3.80. The van der Waals surface area contributed by atoms with Crippen molar-refractivity contribution in [2.24, 2.45) is 0 Å². The molecule has 1 aliphatic rings. The molecule has 0 amide bonds. The lowest BCUT2D eigenvalue weighted by Crippen LogP contribution is -2.44. The van der Waals surface area contributed by atoms with Crippen LogP contribution in [0.5, 0.6) is 0 Å². The molecule has 1 aromatic carbocycles. The van der Waals surface area contributed by atoms with Gasteiger partial charge in [-0.25, -0.2) is 12.8 Å². The maximum atomic E-state index is 14.4. The van der Waals surface area contributed by atoms with Crippen molar-refractivity contribution in [3.8, 4) is 17.5 Å². The number of nitrogens with one attached hydrogen (secondary N) is 1. The summed E-state index contributed by atoms with van der Waals surface area (Å²) in [6.07, 6.45) is -0.484. The van der Waals surface area contributed by atoms with Gasteiger partial charge < -0.3 is 4.57 Å². The Morgan fingerprint density at radius 3 is 2.49 bits per heavy atom. The van der Waals surface area contributed by atoms with Gasteiger partial charge in [-0.2, -0.15) is 23.2 Å². The molecule has 0 bridgehead atoms. The SMILES string of the molecule is CC[C@H](NS(=O)(=O)c1ccc(-c2c(C#N)c3cc(F)c(C)cc3n2C2CCCC2)nc1)C(F)(F)F. The van der Waals surface area contributed by atoms with Crippen molar-refractivity contribution in [3.63, 3.8) is 0 Å². The number of nitrogens with zero attached hydrogens (tertiary/aromatic N) is 3. The van der Waals surface area contributed by atoms with Gasteiger partial charge in [-0.3, -0.25) is 4.98 Å². The third-order valence-electron chi connectivity index (χ3n) is 6.48. The first-order chi connectivity index (χ1) is 16.5. The first kappa shape index (κ1) is 25.1. The van der Waals surface area contributed by atoms with Crippen molar-refractivity contribution in [1.82, 2.24) is 14.3 Å². The van der Waals surface area contributed by atoms with Crippen LogP contribution >= 0.6 is 0 Å². The van der Waals surface area contributed by atoms with E-state index in [1.165, 1.54) is 19.1 Å². The molecule has 1 saturated carbocycles. The van der Waals surface area contributed by atoms with Crippen molar-refractivity contribution >= 4 is 20.9 Å². The first-order valence-corrected chi connectivity index (χ1v) is 12.8. The highest BCUT2D eigenvalue weighted by atomic mass is 32.2. The van der Waals surface area contributed by atoms with Crippen LogP contribution in [0.3, 0.4) is 0 Å². The van der Waals surface area contributed by atoms with E-state index in [0.717, 1.165) is 37.9 Å². The number of rotatable bonds is 6. The number of alkyl halides is 3. The maximum Gasteiger partial charge on any atom is 0.404 e. The minimum Gasteiger partial charge on any atom is -0.335 e. The molecule has 0 spiro atoms. The quantitative estimate of drug-likeness (QED) is 0.429. The minimum absolute atomic E-state index is 0.0587. The second-order valence-electron chi connectivity index (χ2n) is 8.77. The van der Waals surface area contributed by atoms with Crippen LogP contribution in [-0.2, 0) is 10.0 Å². The van der Waals surface area contributed by atoms with Crippen LogP contribution in [0.15, 0.2) is 35.4 Å². The van der Waals surface area contributed by atoms with Gasteiger partial charge in [0.2, 0.25) is 10.0 Å². The molecule has 35 heavy (non-hydrogen) atoms. The zero-order chi connectivity index (χ0) is 25.5. The number of aryl methyl sites for hydroxylation is 1. The zero-order valence-electron chi connectivity index (χ0n) is 19.2. The van der Waals surface area contributed by atoms with Gasteiger partial charge in [0.1, 0.15) is 22.8 Å². The van der Waals surface area contributed by atoms with Gasteiger partial charge in [0.25, 0.3) is 0 Å². The van der Waals surface area contributed by atoms with Crippen molar-refractivity contribution in [1.29, 1.82) is 5.26 Å². The smallest absolute Gasteiger partial charge is 0.335 e. The van der Waals surface area contributed by atoms with E-state index in [4.69, 9.17) is 0 Å². The van der Waals surface area contributed by atoms with Crippen molar-refractivity contribution < 1.29 is 26.0 Å². The fourth-order valence-corrected chi connectivity index (χ4v) is 5.91. The summed E-state index contributed by atoms with van der Waals surface area (Å²) < 4.78 is 82.4. The Morgan fingerprint density at radius 1 is 1.26 bits per heavy atom. The molecule has 1 N–H and O–H groups in total. The monoisotopic (exact) mass is 508 g/mol. The van der Waals surface area contributed by atoms with Gasteiger partial charge in [-0.1, -0.05) is 19.8 Å². The normalized spacial score (nSPS) is 16.0. The molecule has 1 atom stereocenters. The first-order valence-electron chi connectivity index (χ1n) is 11.3. The Balaban J connectivity index is 1.83. The molecule has 0 saturated heterocycles. The molecule has 1 aliphatic carbocycles. The molecule has 11 heteroatoms. The molecule has 186 valence electrons. The highest BCUT2D eigenvalue weighted by Crippen LogP contribution is 2.41. The van der Waals surface area contributed by atoms with Crippen LogP contribution < -0.4 is 4.72 Å². The summed E-state index contributed by atoms with van der Waals surface area (Å²) >= 11 is 0. The number of nitriles is 1. The number of sulfonamides is 1. The fraction of sp³-hybridized carbons (Fsp3) is 0.417. The second kappa shape index (κ2) is 9.24. The van der Waals surface area contributed by atoms with Gasteiger partial charge >= 0.3 is 6.18 Å². The molecule has 0 radical (unpaired) electrons. The summed E-state index contributed by atoms with van der Waals surface area (Å²) in [5.41, 5.74) is 2.07. The molecule has 2 aromatic heterocycles. The molecular formula is C24H24F4N4O2S. The van der Waals surface area contributed by atoms with Crippen LogP contribution in [0.25, 0.3) is 22.3 Å². The third kappa shape index (κ3) is 4.65. The van der Waals surface area contributed by atoms with Crippen LogP contribution in [0.1, 0.15) is 56.2 Å². The predicted octanol–water partition coefficient (Wildman–Crippen LogP) is 5.76. The Kier molecular flexibility index (Phi) is 6.64. The molecule has 1 fully saturated rings. The van der Waals surface area contributed by atoms with E-state index >= 15 is 0 Å². The molecule has 6 nitrogen and oxygen atoms in total. The number of fused-ring (bicyclic) bond motifs is 1. The summed E-state index contributed by atoms with van der Waals surface area (Å²) in [5.74, 6) is -0.445. The average molecular weight is 509 g/mol. The van der Waals surface area contributed by atoms with Gasteiger partial charge in [0.15, 0.2) is 0 Å². The fourth-order valence-electron chi connectivity index (χ4n) is 4.66. The van der Waals surface area contributed by atoms with E-state index in [-0.39, 0.29) is 17.3 Å². The summed E-state index contributed by atoms with van der Waals surface area (Å²) in [6.45, 7) is 2.87. The standard InChI is InChI=1S/C24H24F4N4O2S/c1-3-22(24(26,27)28)31-35(33,34)16-8-9-20(30-13-16)23-18(12-29)17-11-19(25)14(2)10-21(17)32(23)15-6-4-5-7-15/h8-11,13,15,22,31H,3-7H2,1-2H3/t22-/m0/s1. The summed E-state index contributed by atoms with van der Waals surface area (Å²) in [7, 11) is -4.48. The molecule has 3 aromatic rings. The van der Waals surface area contributed by atoms with E-state index in [2.05, 4.69) is 11.1 Å². The largest absolute Gasteiger partial charge is 0.404 e. The van der Waals surface area contributed by atoms with E-state index < -0.39 is 39.4 Å². The number of halogens is 4. The van der Waals surface area contributed by atoms with Crippen LogP contribution in [-0.4, -0.2) is 30.2 Å². The number of hydrogen-bond donors (Lipinski definition) is 1. The Hall–Kier alpha value is -2.97. The van der Waals surface area contributed by atoms with E-state index in [1.54, 1.807) is 17.7 Å². The predicted molar refractivity (Wildman–Crippen MR) is 123 cm³/mol. The average Bonchev–Trinajstić information content (AvgIpc) is 3.43. The lowest BCUT2D eigenvalue weighted by Gasteiger charge is -2.20. The molecular weight excluding hydrogens is 484 g/mol. The topological polar surface area (TPSA) is 87.8 Å². The highest BCUT2D eigenvalue weighted by molar-refractivity contribution is 7.89. The molecule has 4 rings (SSSR count). The molecule has 0 aliphatic heterocycles. The third-order valence-corrected chi connectivity index (χ3v) is 7.93. The highest BCUT2D eigenvalue weighted by Gasteiger charge is 2.41. The van der Waals surface area contributed by atoms with Gasteiger partial charge in [0, 0.05) is 17.6 Å². The van der Waals surface area contributed by atoms with Gasteiger partial charge in [0.05, 0.1) is 22.5 Å².